The number of rotatable bonds is 2. The molecular formula is C11H20O2. The van der Waals surface area contributed by atoms with Crippen LogP contribution in [0.2, 0.25) is 0 Å². The number of ether oxygens (including phenoxy) is 1. The van der Waals surface area contributed by atoms with Crippen molar-refractivity contribution in [1.29, 1.82) is 0 Å². The molecule has 2 aliphatic carbocycles. The summed E-state index contributed by atoms with van der Waals surface area (Å²) in [6.07, 6.45) is 4.81. The lowest BCUT2D eigenvalue weighted by molar-refractivity contribution is 0.0322. The molecule has 0 radical (unpaired) electrons. The SMILES string of the molecule is CCO[C@H]1C[C@@H]2C[C@@](C)(O)C[C@@H]2C1. The smallest absolute Gasteiger partial charge is 0.0625 e. The highest BCUT2D eigenvalue weighted by atomic mass is 16.5. The van der Waals surface area contributed by atoms with Crippen molar-refractivity contribution in [2.75, 3.05) is 6.61 Å². The van der Waals surface area contributed by atoms with E-state index in [0.29, 0.717) is 6.10 Å². The lowest BCUT2D eigenvalue weighted by Gasteiger charge is -2.19. The minimum Gasteiger partial charge on any atom is -0.390 e. The van der Waals surface area contributed by atoms with Gasteiger partial charge < -0.3 is 9.84 Å². The van der Waals surface area contributed by atoms with Crippen molar-refractivity contribution in [3.8, 4) is 0 Å². The fourth-order valence-electron chi connectivity index (χ4n) is 3.24. The number of aliphatic hydroxyl groups is 1. The van der Waals surface area contributed by atoms with E-state index < -0.39 is 0 Å². The van der Waals surface area contributed by atoms with Crippen molar-refractivity contribution in [1.82, 2.24) is 0 Å². The van der Waals surface area contributed by atoms with Crippen molar-refractivity contribution in [2.24, 2.45) is 11.8 Å². The molecule has 1 N–H and O–H groups in total. The van der Waals surface area contributed by atoms with Crippen LogP contribution in [-0.2, 0) is 4.74 Å². The highest BCUT2D eigenvalue weighted by molar-refractivity contribution is 4.97. The summed E-state index contributed by atoms with van der Waals surface area (Å²) in [5.41, 5.74) is -0.382. The molecule has 13 heavy (non-hydrogen) atoms. The van der Waals surface area contributed by atoms with Gasteiger partial charge in [0, 0.05) is 6.61 Å². The van der Waals surface area contributed by atoms with Gasteiger partial charge in [-0.3, -0.25) is 0 Å². The van der Waals surface area contributed by atoms with E-state index >= 15 is 0 Å². The quantitative estimate of drug-likeness (QED) is 0.711. The van der Waals surface area contributed by atoms with Gasteiger partial charge in [-0.05, 0) is 51.4 Å². The average Bonchev–Trinajstić information content (AvgIpc) is 2.41. The fraction of sp³-hybridized carbons (Fsp3) is 1.00. The van der Waals surface area contributed by atoms with E-state index in [2.05, 4.69) is 6.92 Å². The molecule has 0 aromatic heterocycles. The molecule has 76 valence electrons. The summed E-state index contributed by atoms with van der Waals surface area (Å²) in [4.78, 5) is 0. The van der Waals surface area contributed by atoms with Crippen LogP contribution in [0.25, 0.3) is 0 Å². The maximum absolute atomic E-state index is 9.88. The number of fused-ring (bicyclic) bond motifs is 1. The zero-order valence-electron chi connectivity index (χ0n) is 8.62. The second kappa shape index (κ2) is 3.25. The molecule has 2 aliphatic rings. The van der Waals surface area contributed by atoms with E-state index in [0.717, 1.165) is 31.3 Å². The van der Waals surface area contributed by atoms with Crippen molar-refractivity contribution in [3.05, 3.63) is 0 Å². The van der Waals surface area contributed by atoms with Gasteiger partial charge in [0.15, 0.2) is 0 Å². The first kappa shape index (κ1) is 9.47. The summed E-state index contributed by atoms with van der Waals surface area (Å²) in [5, 5.41) is 9.88. The fourth-order valence-corrected chi connectivity index (χ4v) is 3.24. The van der Waals surface area contributed by atoms with Gasteiger partial charge >= 0.3 is 0 Å². The predicted molar refractivity (Wildman–Crippen MR) is 51.5 cm³/mol. The Morgan fingerprint density at radius 3 is 2.31 bits per heavy atom. The van der Waals surface area contributed by atoms with Crippen LogP contribution in [0.3, 0.4) is 0 Å². The summed E-state index contributed by atoms with van der Waals surface area (Å²) in [7, 11) is 0. The van der Waals surface area contributed by atoms with Crippen molar-refractivity contribution in [2.45, 2.75) is 51.2 Å². The summed E-state index contributed by atoms with van der Waals surface area (Å²) >= 11 is 0. The number of hydrogen-bond donors (Lipinski definition) is 1. The summed E-state index contributed by atoms with van der Waals surface area (Å²) in [6, 6.07) is 0. The molecule has 0 unspecified atom stereocenters. The molecule has 0 aromatic carbocycles. The van der Waals surface area contributed by atoms with Crippen LogP contribution in [0.5, 0.6) is 0 Å². The molecule has 0 spiro atoms. The largest absolute Gasteiger partial charge is 0.390 e. The van der Waals surface area contributed by atoms with E-state index in [1.54, 1.807) is 0 Å². The van der Waals surface area contributed by atoms with Gasteiger partial charge in [0.2, 0.25) is 0 Å². The number of hydrogen-bond acceptors (Lipinski definition) is 2. The van der Waals surface area contributed by atoms with Gasteiger partial charge in [0.1, 0.15) is 0 Å². The molecule has 4 atom stereocenters. The molecule has 0 bridgehead atoms. The standard InChI is InChI=1S/C11H20O2/c1-3-13-10-4-8-6-11(2,12)7-9(8)5-10/h8-10,12H,3-7H2,1-2H3/t8-,9+,10+,11-. The molecule has 0 aromatic rings. The van der Waals surface area contributed by atoms with Crippen LogP contribution < -0.4 is 0 Å². The van der Waals surface area contributed by atoms with Crippen LogP contribution in [0.15, 0.2) is 0 Å². The van der Waals surface area contributed by atoms with Gasteiger partial charge in [-0.1, -0.05) is 0 Å². The zero-order valence-corrected chi connectivity index (χ0v) is 8.62. The first-order chi connectivity index (χ1) is 6.11. The minimum atomic E-state index is -0.382. The Morgan fingerprint density at radius 1 is 1.31 bits per heavy atom. The summed E-state index contributed by atoms with van der Waals surface area (Å²) in [5.74, 6) is 1.46. The highest BCUT2D eigenvalue weighted by Gasteiger charge is 2.46. The maximum atomic E-state index is 9.88. The van der Waals surface area contributed by atoms with Gasteiger partial charge in [-0.2, -0.15) is 0 Å². The Balaban J connectivity index is 1.90. The van der Waals surface area contributed by atoms with E-state index in [4.69, 9.17) is 4.74 Å². The van der Waals surface area contributed by atoms with Crippen LogP contribution in [0.1, 0.15) is 39.5 Å². The van der Waals surface area contributed by atoms with E-state index in [9.17, 15) is 5.11 Å². The first-order valence-electron chi connectivity index (χ1n) is 5.45. The Kier molecular flexibility index (Phi) is 2.37. The van der Waals surface area contributed by atoms with Gasteiger partial charge in [-0.15, -0.1) is 0 Å². The van der Waals surface area contributed by atoms with Crippen LogP contribution >= 0.6 is 0 Å². The topological polar surface area (TPSA) is 29.5 Å². The van der Waals surface area contributed by atoms with Gasteiger partial charge in [0.25, 0.3) is 0 Å². The molecule has 2 nitrogen and oxygen atoms in total. The second-order valence-electron chi connectivity index (χ2n) is 4.97. The third-order valence-electron chi connectivity index (χ3n) is 3.60. The van der Waals surface area contributed by atoms with Gasteiger partial charge in [0.05, 0.1) is 11.7 Å². The summed E-state index contributed by atoms with van der Waals surface area (Å²) in [6.45, 7) is 4.87. The zero-order chi connectivity index (χ0) is 9.47. The Morgan fingerprint density at radius 2 is 1.85 bits per heavy atom. The molecule has 0 aliphatic heterocycles. The summed E-state index contributed by atoms with van der Waals surface area (Å²) < 4.78 is 5.63. The highest BCUT2D eigenvalue weighted by Crippen LogP contribution is 2.49. The monoisotopic (exact) mass is 184 g/mol. The van der Waals surface area contributed by atoms with Crippen molar-refractivity contribution in [3.63, 3.8) is 0 Å². The first-order valence-corrected chi connectivity index (χ1v) is 5.45. The van der Waals surface area contributed by atoms with E-state index in [1.807, 2.05) is 6.92 Å². The average molecular weight is 184 g/mol. The minimum absolute atomic E-state index is 0.382. The Labute approximate surface area is 80.3 Å². The normalized spacial score (nSPS) is 49.6. The maximum Gasteiger partial charge on any atom is 0.0625 e. The van der Waals surface area contributed by atoms with Gasteiger partial charge in [-0.25, -0.2) is 0 Å². The molecule has 0 amide bonds. The molecule has 2 heteroatoms. The van der Waals surface area contributed by atoms with E-state index in [1.165, 1.54) is 12.8 Å². The molecule has 0 heterocycles. The molecular weight excluding hydrogens is 164 g/mol. The van der Waals surface area contributed by atoms with Crippen LogP contribution in [0, 0.1) is 11.8 Å². The third kappa shape index (κ3) is 1.89. The van der Waals surface area contributed by atoms with Crippen molar-refractivity contribution >= 4 is 0 Å². The third-order valence-corrected chi connectivity index (χ3v) is 3.60. The second-order valence-corrected chi connectivity index (χ2v) is 4.97. The Hall–Kier alpha value is -0.0800. The molecule has 0 saturated heterocycles. The lowest BCUT2D eigenvalue weighted by atomic mass is 10.0. The molecule has 2 saturated carbocycles. The van der Waals surface area contributed by atoms with Crippen LogP contribution in [-0.4, -0.2) is 23.4 Å². The lowest BCUT2D eigenvalue weighted by Crippen LogP contribution is -2.21. The van der Waals surface area contributed by atoms with Crippen LogP contribution in [0.4, 0.5) is 0 Å². The Bertz CT molecular complexity index is 173. The van der Waals surface area contributed by atoms with E-state index in [-0.39, 0.29) is 5.60 Å². The predicted octanol–water partition coefficient (Wildman–Crippen LogP) is 1.96. The molecule has 2 fully saturated rings. The van der Waals surface area contributed by atoms with Crippen molar-refractivity contribution < 1.29 is 9.84 Å². The molecule has 2 rings (SSSR count).